The smallest absolute Gasteiger partial charge is 0.399 e. The predicted octanol–water partition coefficient (Wildman–Crippen LogP) is 5.58. The average Bonchev–Trinajstić information content (AvgIpc) is 3.47. The quantitative estimate of drug-likeness (QED) is 0.279. The highest BCUT2D eigenvalue weighted by atomic mass is 79.9. The first-order valence-corrected chi connectivity index (χ1v) is 13.6. The highest BCUT2D eigenvalue weighted by Crippen LogP contribution is 2.36. The van der Waals surface area contributed by atoms with Gasteiger partial charge in [0.25, 0.3) is 5.56 Å². The number of halogens is 1. The second-order valence-corrected chi connectivity index (χ2v) is 11.4. The predicted molar refractivity (Wildman–Crippen MR) is 159 cm³/mol. The Balaban J connectivity index is 0.000000160. The van der Waals surface area contributed by atoms with Gasteiger partial charge in [-0.15, -0.1) is 0 Å². The number of hydrogen-bond acceptors (Lipinski definition) is 5. The lowest BCUT2D eigenvalue weighted by molar-refractivity contribution is 0.00578. The number of H-pyrrole nitrogens is 1. The molecule has 7 nitrogen and oxygen atoms in total. The summed E-state index contributed by atoms with van der Waals surface area (Å²) in [6.45, 7) is 8.77. The van der Waals surface area contributed by atoms with Crippen molar-refractivity contribution in [3.05, 3.63) is 112 Å². The monoisotopic (exact) mass is 584 g/mol. The Labute approximate surface area is 236 Å². The molecule has 1 aliphatic rings. The normalized spacial score (nSPS) is 15.7. The van der Waals surface area contributed by atoms with Gasteiger partial charge >= 0.3 is 7.12 Å². The fourth-order valence-corrected chi connectivity index (χ4v) is 4.74. The molecule has 1 saturated heterocycles. The first-order chi connectivity index (χ1) is 18.6. The highest BCUT2D eigenvalue weighted by Gasteiger charge is 2.51. The van der Waals surface area contributed by atoms with Crippen LogP contribution in [0.1, 0.15) is 33.3 Å². The van der Waals surface area contributed by atoms with Gasteiger partial charge in [0.15, 0.2) is 0 Å². The standard InChI is InChI=1S/C17H13BrN2O.C13H17BN2O2/c18-15-5-6-17(21)20(12-15)11-14-3-1-2-4-16(14)13-7-9-19-10-8-13;1-12(2)13(3,4)18-14(17-12)10-6-5-9-8-15-16-11(9)7-10/h1-10,12H,11H2;5-8H,1-4H3,(H,15,16). The zero-order valence-corrected chi connectivity index (χ0v) is 24.0. The maximum atomic E-state index is 12.0. The summed E-state index contributed by atoms with van der Waals surface area (Å²) in [5.41, 5.74) is 4.72. The summed E-state index contributed by atoms with van der Waals surface area (Å²) in [6.07, 6.45) is 7.17. The fourth-order valence-electron chi connectivity index (χ4n) is 4.36. The van der Waals surface area contributed by atoms with Crippen molar-refractivity contribution in [2.24, 2.45) is 0 Å². The molecule has 1 N–H and O–H groups in total. The molecule has 0 saturated carbocycles. The Bertz CT molecular complexity index is 1630. The molecule has 5 aromatic rings. The second-order valence-electron chi connectivity index (χ2n) is 10.5. The molecular formula is C30H30BBrN4O3. The molecule has 0 unspecified atom stereocenters. The van der Waals surface area contributed by atoms with Gasteiger partial charge < -0.3 is 13.9 Å². The fraction of sp³-hybridized carbons (Fsp3) is 0.233. The third-order valence-corrected chi connectivity index (χ3v) is 7.76. The molecule has 39 heavy (non-hydrogen) atoms. The van der Waals surface area contributed by atoms with E-state index in [1.54, 1.807) is 29.1 Å². The van der Waals surface area contributed by atoms with Gasteiger partial charge in [-0.2, -0.15) is 5.10 Å². The van der Waals surface area contributed by atoms with Crippen LogP contribution in [0.2, 0.25) is 0 Å². The van der Waals surface area contributed by atoms with Gasteiger partial charge in [-0.3, -0.25) is 14.9 Å². The molecule has 0 amide bonds. The second kappa shape index (κ2) is 10.9. The van der Waals surface area contributed by atoms with Crippen LogP contribution in [0.5, 0.6) is 0 Å². The minimum atomic E-state index is -0.317. The van der Waals surface area contributed by atoms with Gasteiger partial charge in [-0.05, 0) is 90.0 Å². The summed E-state index contributed by atoms with van der Waals surface area (Å²) >= 11 is 3.41. The van der Waals surface area contributed by atoms with E-state index in [-0.39, 0.29) is 23.9 Å². The molecule has 4 heterocycles. The topological polar surface area (TPSA) is 82.0 Å². The van der Waals surface area contributed by atoms with E-state index in [4.69, 9.17) is 9.31 Å². The summed E-state index contributed by atoms with van der Waals surface area (Å²) in [7, 11) is -0.317. The summed E-state index contributed by atoms with van der Waals surface area (Å²) in [6, 6.07) is 21.5. The van der Waals surface area contributed by atoms with E-state index in [1.807, 2.05) is 60.9 Å². The zero-order chi connectivity index (χ0) is 27.6. The van der Waals surface area contributed by atoms with E-state index in [0.29, 0.717) is 6.54 Å². The number of aromatic amines is 1. The molecule has 6 rings (SSSR count). The Kier molecular flexibility index (Phi) is 7.58. The zero-order valence-electron chi connectivity index (χ0n) is 22.4. The Hall–Kier alpha value is -3.53. The SMILES string of the molecule is CC1(C)OB(c2ccc3cn[nH]c3c2)OC1(C)C.O=c1ccc(Br)cn1Cc1ccccc1-c1ccncc1. The van der Waals surface area contributed by atoms with Crippen LogP contribution in [0.4, 0.5) is 0 Å². The van der Waals surface area contributed by atoms with Crippen molar-refractivity contribution in [2.45, 2.75) is 45.4 Å². The molecule has 0 spiro atoms. The number of aromatic nitrogens is 4. The van der Waals surface area contributed by atoms with Crippen molar-refractivity contribution >= 4 is 39.4 Å². The number of nitrogens with zero attached hydrogens (tertiary/aromatic N) is 3. The van der Waals surface area contributed by atoms with E-state index in [1.165, 1.54) is 0 Å². The Morgan fingerprint density at radius 1 is 0.949 bits per heavy atom. The summed E-state index contributed by atoms with van der Waals surface area (Å²) in [4.78, 5) is 16.0. The van der Waals surface area contributed by atoms with Crippen LogP contribution in [0, 0.1) is 0 Å². The van der Waals surface area contributed by atoms with Crippen LogP contribution < -0.4 is 11.0 Å². The molecule has 198 valence electrons. The van der Waals surface area contributed by atoms with Crippen LogP contribution in [0.15, 0.2) is 101 Å². The first kappa shape index (κ1) is 27.1. The third kappa shape index (κ3) is 5.90. The lowest BCUT2D eigenvalue weighted by Crippen LogP contribution is -2.41. The average molecular weight is 585 g/mol. The highest BCUT2D eigenvalue weighted by molar-refractivity contribution is 9.10. The number of pyridine rings is 2. The molecular weight excluding hydrogens is 555 g/mol. The van der Waals surface area contributed by atoms with Gasteiger partial charge in [0.1, 0.15) is 0 Å². The Morgan fingerprint density at radius 3 is 2.41 bits per heavy atom. The largest absolute Gasteiger partial charge is 0.494 e. The molecule has 2 aromatic carbocycles. The van der Waals surface area contributed by atoms with E-state index in [9.17, 15) is 4.79 Å². The van der Waals surface area contributed by atoms with Crippen LogP contribution >= 0.6 is 15.9 Å². The minimum Gasteiger partial charge on any atom is -0.399 e. The van der Waals surface area contributed by atoms with E-state index >= 15 is 0 Å². The molecule has 3 aromatic heterocycles. The number of fused-ring (bicyclic) bond motifs is 1. The van der Waals surface area contributed by atoms with Crippen molar-refractivity contribution in [3.63, 3.8) is 0 Å². The lowest BCUT2D eigenvalue weighted by Gasteiger charge is -2.32. The van der Waals surface area contributed by atoms with Crippen LogP contribution in [-0.4, -0.2) is 38.1 Å². The van der Waals surface area contributed by atoms with Crippen LogP contribution in [-0.2, 0) is 15.9 Å². The molecule has 1 aliphatic heterocycles. The van der Waals surface area contributed by atoms with Gasteiger partial charge in [-0.1, -0.05) is 36.4 Å². The van der Waals surface area contributed by atoms with Crippen molar-refractivity contribution in [1.82, 2.24) is 19.7 Å². The third-order valence-electron chi connectivity index (χ3n) is 7.29. The van der Waals surface area contributed by atoms with Crippen molar-refractivity contribution in [2.75, 3.05) is 0 Å². The van der Waals surface area contributed by atoms with Crippen LogP contribution in [0.3, 0.4) is 0 Å². The molecule has 0 atom stereocenters. The summed E-state index contributed by atoms with van der Waals surface area (Å²) in [5.74, 6) is 0. The number of benzene rings is 2. The number of nitrogens with one attached hydrogen (secondary N) is 1. The van der Waals surface area contributed by atoms with Gasteiger partial charge in [0, 0.05) is 34.5 Å². The van der Waals surface area contributed by atoms with E-state index in [2.05, 4.69) is 64.9 Å². The number of rotatable bonds is 4. The van der Waals surface area contributed by atoms with Gasteiger partial charge in [0.2, 0.25) is 0 Å². The van der Waals surface area contributed by atoms with Gasteiger partial charge in [0.05, 0.1) is 29.5 Å². The summed E-state index contributed by atoms with van der Waals surface area (Å²) in [5, 5.41) is 8.08. The molecule has 0 radical (unpaired) electrons. The summed E-state index contributed by atoms with van der Waals surface area (Å²) < 4.78 is 14.6. The maximum absolute atomic E-state index is 12.0. The Morgan fingerprint density at radius 2 is 1.67 bits per heavy atom. The van der Waals surface area contributed by atoms with Gasteiger partial charge in [-0.25, -0.2) is 0 Å². The molecule has 1 fully saturated rings. The number of hydrogen-bond donors (Lipinski definition) is 1. The lowest BCUT2D eigenvalue weighted by atomic mass is 9.79. The van der Waals surface area contributed by atoms with E-state index in [0.717, 1.165) is 37.5 Å². The first-order valence-electron chi connectivity index (χ1n) is 12.8. The minimum absolute atomic E-state index is 0.0114. The van der Waals surface area contributed by atoms with Crippen LogP contribution in [0.25, 0.3) is 22.0 Å². The van der Waals surface area contributed by atoms with Crippen molar-refractivity contribution in [1.29, 1.82) is 0 Å². The molecule has 9 heteroatoms. The van der Waals surface area contributed by atoms with Crippen molar-refractivity contribution in [3.8, 4) is 11.1 Å². The molecule has 0 bridgehead atoms. The molecule has 0 aliphatic carbocycles. The maximum Gasteiger partial charge on any atom is 0.494 e. The van der Waals surface area contributed by atoms with Crippen molar-refractivity contribution < 1.29 is 9.31 Å². The van der Waals surface area contributed by atoms with E-state index < -0.39 is 0 Å².